The Morgan fingerprint density at radius 1 is 1.05 bits per heavy atom. The number of sulfonamides is 2. The summed E-state index contributed by atoms with van der Waals surface area (Å²) in [6.07, 6.45) is 0. The van der Waals surface area contributed by atoms with Crippen LogP contribution in [-0.4, -0.2) is 47.4 Å². The van der Waals surface area contributed by atoms with Crippen LogP contribution in [0.2, 0.25) is 10.0 Å². The highest BCUT2D eigenvalue weighted by molar-refractivity contribution is 7.89. The molecule has 0 spiro atoms. The highest BCUT2D eigenvalue weighted by atomic mass is 35.5. The smallest absolute Gasteiger partial charge is 0.246 e. The molecule has 21 heavy (non-hydrogen) atoms. The molecule has 2 rings (SSSR count). The number of hydrogen-bond acceptors (Lipinski definition) is 5. The molecule has 1 aliphatic heterocycles. The third-order valence-electron chi connectivity index (χ3n) is 2.87. The van der Waals surface area contributed by atoms with Gasteiger partial charge in [-0.1, -0.05) is 23.2 Å². The van der Waals surface area contributed by atoms with Crippen molar-refractivity contribution in [3.8, 4) is 0 Å². The Bertz CT molecular complexity index is 735. The van der Waals surface area contributed by atoms with Crippen LogP contribution < -0.4 is 5.14 Å². The molecule has 7 nitrogen and oxygen atoms in total. The van der Waals surface area contributed by atoms with Gasteiger partial charge in [-0.15, -0.1) is 0 Å². The standard InChI is InChI=1S/C10H12Cl2N2O5S2/c11-8-5-7(20(13,15)16)6-9(12)10(8)21(17,18)14-1-3-19-4-2-14/h5-6H,1-4H2,(H2,13,15,16). The highest BCUT2D eigenvalue weighted by Crippen LogP contribution is 2.34. The van der Waals surface area contributed by atoms with Crippen molar-refractivity contribution >= 4 is 43.2 Å². The topological polar surface area (TPSA) is 107 Å². The molecule has 118 valence electrons. The van der Waals surface area contributed by atoms with E-state index in [1.807, 2.05) is 0 Å². The number of morpholine rings is 1. The van der Waals surface area contributed by atoms with Crippen LogP contribution >= 0.6 is 23.2 Å². The highest BCUT2D eigenvalue weighted by Gasteiger charge is 2.31. The Morgan fingerprint density at radius 3 is 1.95 bits per heavy atom. The third kappa shape index (κ3) is 3.50. The number of halogens is 2. The number of nitrogens with zero attached hydrogens (tertiary/aromatic N) is 1. The molecule has 0 unspecified atom stereocenters. The Balaban J connectivity index is 2.54. The van der Waals surface area contributed by atoms with E-state index in [0.29, 0.717) is 0 Å². The molecule has 0 aromatic heterocycles. The molecule has 1 fully saturated rings. The molecular formula is C10H12Cl2N2O5S2. The molecule has 1 heterocycles. The van der Waals surface area contributed by atoms with Crippen LogP contribution in [0.25, 0.3) is 0 Å². The first-order valence-electron chi connectivity index (χ1n) is 5.74. The van der Waals surface area contributed by atoms with E-state index in [1.165, 1.54) is 4.31 Å². The van der Waals surface area contributed by atoms with Crippen molar-refractivity contribution < 1.29 is 21.6 Å². The molecule has 0 atom stereocenters. The lowest BCUT2D eigenvalue weighted by atomic mass is 10.3. The maximum absolute atomic E-state index is 12.5. The first-order valence-corrected chi connectivity index (χ1v) is 9.48. The van der Waals surface area contributed by atoms with Crippen molar-refractivity contribution in [1.29, 1.82) is 0 Å². The largest absolute Gasteiger partial charge is 0.379 e. The van der Waals surface area contributed by atoms with Crippen LogP contribution in [0.4, 0.5) is 0 Å². The lowest BCUT2D eigenvalue weighted by Crippen LogP contribution is -2.40. The van der Waals surface area contributed by atoms with Crippen molar-refractivity contribution in [3.63, 3.8) is 0 Å². The van der Waals surface area contributed by atoms with E-state index < -0.39 is 20.0 Å². The van der Waals surface area contributed by atoms with E-state index in [4.69, 9.17) is 33.1 Å². The monoisotopic (exact) mass is 374 g/mol. The minimum atomic E-state index is -4.03. The van der Waals surface area contributed by atoms with Gasteiger partial charge in [-0.25, -0.2) is 22.0 Å². The van der Waals surface area contributed by atoms with Gasteiger partial charge in [-0.3, -0.25) is 0 Å². The Hall–Kier alpha value is -0.420. The number of primary sulfonamides is 1. The Morgan fingerprint density at radius 2 is 1.52 bits per heavy atom. The zero-order valence-corrected chi connectivity index (χ0v) is 13.8. The molecule has 11 heteroatoms. The van der Waals surface area contributed by atoms with Crippen LogP contribution in [0.15, 0.2) is 21.9 Å². The predicted molar refractivity (Wildman–Crippen MR) is 77.4 cm³/mol. The van der Waals surface area contributed by atoms with Gasteiger partial charge in [0.1, 0.15) is 4.90 Å². The molecule has 2 N–H and O–H groups in total. The molecule has 0 saturated carbocycles. The van der Waals surface area contributed by atoms with Gasteiger partial charge in [-0.2, -0.15) is 4.31 Å². The van der Waals surface area contributed by atoms with Crippen molar-refractivity contribution in [3.05, 3.63) is 22.2 Å². The molecule has 1 aromatic rings. The normalized spacial score (nSPS) is 17.9. The lowest BCUT2D eigenvalue weighted by molar-refractivity contribution is 0.0730. The van der Waals surface area contributed by atoms with E-state index in [1.54, 1.807) is 0 Å². The second kappa shape index (κ2) is 5.99. The average molecular weight is 375 g/mol. The Labute approximate surface area is 132 Å². The summed E-state index contributed by atoms with van der Waals surface area (Å²) in [5, 5.41) is 4.39. The molecule has 1 aromatic carbocycles. The van der Waals surface area contributed by atoms with E-state index in [9.17, 15) is 16.8 Å². The van der Waals surface area contributed by atoms with Crippen LogP contribution in [-0.2, 0) is 24.8 Å². The van der Waals surface area contributed by atoms with Crippen LogP contribution in [0, 0.1) is 0 Å². The SMILES string of the molecule is NS(=O)(=O)c1cc(Cl)c(S(=O)(=O)N2CCOCC2)c(Cl)c1. The van der Waals surface area contributed by atoms with Gasteiger partial charge in [0, 0.05) is 13.1 Å². The van der Waals surface area contributed by atoms with Gasteiger partial charge >= 0.3 is 0 Å². The van der Waals surface area contributed by atoms with Gasteiger partial charge in [0.15, 0.2) is 0 Å². The number of rotatable bonds is 3. The van der Waals surface area contributed by atoms with Gasteiger partial charge in [0.25, 0.3) is 0 Å². The van der Waals surface area contributed by atoms with Crippen LogP contribution in [0.5, 0.6) is 0 Å². The van der Waals surface area contributed by atoms with Crippen molar-refractivity contribution in [1.82, 2.24) is 4.31 Å². The summed E-state index contributed by atoms with van der Waals surface area (Å²) in [4.78, 5) is -0.682. The molecule has 1 saturated heterocycles. The summed E-state index contributed by atoms with van der Waals surface area (Å²) >= 11 is 11.8. The van der Waals surface area contributed by atoms with Gasteiger partial charge < -0.3 is 4.74 Å². The zero-order valence-electron chi connectivity index (χ0n) is 10.6. The van der Waals surface area contributed by atoms with Crippen LogP contribution in [0.1, 0.15) is 0 Å². The van der Waals surface area contributed by atoms with Gasteiger partial charge in [0.2, 0.25) is 20.0 Å². The van der Waals surface area contributed by atoms with Crippen molar-refractivity contribution in [2.24, 2.45) is 5.14 Å². The fraction of sp³-hybridized carbons (Fsp3) is 0.400. The summed E-state index contributed by atoms with van der Waals surface area (Å²) in [6, 6.07) is 1.94. The second-order valence-corrected chi connectivity index (χ2v) is 8.53. The lowest BCUT2D eigenvalue weighted by Gasteiger charge is -2.26. The maximum atomic E-state index is 12.5. The maximum Gasteiger partial charge on any atom is 0.246 e. The van der Waals surface area contributed by atoms with E-state index in [2.05, 4.69) is 0 Å². The van der Waals surface area contributed by atoms with Gasteiger partial charge in [-0.05, 0) is 12.1 Å². The molecule has 0 amide bonds. The van der Waals surface area contributed by atoms with Crippen molar-refractivity contribution in [2.75, 3.05) is 26.3 Å². The third-order valence-corrected chi connectivity index (χ3v) is 6.58. The number of benzene rings is 1. The van der Waals surface area contributed by atoms with E-state index >= 15 is 0 Å². The molecule has 0 radical (unpaired) electrons. The average Bonchev–Trinajstić information content (AvgIpc) is 2.37. The minimum Gasteiger partial charge on any atom is -0.379 e. The molecule has 1 aliphatic rings. The van der Waals surface area contributed by atoms with Crippen LogP contribution in [0.3, 0.4) is 0 Å². The van der Waals surface area contributed by atoms with E-state index in [0.717, 1.165) is 12.1 Å². The zero-order chi connectivity index (χ0) is 15.8. The summed E-state index contributed by atoms with van der Waals surface area (Å²) in [5.41, 5.74) is 0. The summed E-state index contributed by atoms with van der Waals surface area (Å²) in [6.45, 7) is 0.880. The fourth-order valence-corrected chi connectivity index (χ4v) is 5.13. The first kappa shape index (κ1) is 16.9. The first-order chi connectivity index (χ1) is 9.64. The summed E-state index contributed by atoms with van der Waals surface area (Å²) in [5.74, 6) is 0. The second-order valence-electron chi connectivity index (χ2n) is 4.28. The molecule has 0 bridgehead atoms. The summed E-state index contributed by atoms with van der Waals surface area (Å²) < 4.78 is 53.9. The van der Waals surface area contributed by atoms with Crippen molar-refractivity contribution in [2.45, 2.75) is 9.79 Å². The molecular weight excluding hydrogens is 363 g/mol. The minimum absolute atomic E-state index is 0.173. The predicted octanol–water partition coefficient (Wildman–Crippen LogP) is 0.662. The summed E-state index contributed by atoms with van der Waals surface area (Å²) in [7, 11) is -7.96. The number of nitrogens with two attached hydrogens (primary N) is 1. The molecule has 0 aliphatic carbocycles. The van der Waals surface area contributed by atoms with E-state index in [-0.39, 0.29) is 46.1 Å². The Kier molecular flexibility index (Phi) is 4.84. The van der Waals surface area contributed by atoms with Gasteiger partial charge in [0.05, 0.1) is 28.2 Å². The quantitative estimate of drug-likeness (QED) is 0.835. The number of hydrogen-bond donors (Lipinski definition) is 1. The fourth-order valence-electron chi connectivity index (χ4n) is 1.86. The number of ether oxygens (including phenoxy) is 1.